The Morgan fingerprint density at radius 2 is 1.80 bits per heavy atom. The summed E-state index contributed by atoms with van der Waals surface area (Å²) in [6, 6.07) is 13.5. The highest BCUT2D eigenvalue weighted by molar-refractivity contribution is 7.98. The van der Waals surface area contributed by atoms with Gasteiger partial charge in [-0.1, -0.05) is 5.57 Å². The second-order valence-electron chi connectivity index (χ2n) is 11.4. The zero-order chi connectivity index (χ0) is 31.2. The number of Topliss-reactive ketones (excluding diaryl/α,β-unsaturated/α-hetero) is 1. The lowest BCUT2D eigenvalue weighted by atomic mass is 9.60. The number of pyridine rings is 1. The molecule has 4 aromatic rings. The van der Waals surface area contributed by atoms with Crippen molar-refractivity contribution in [1.29, 1.82) is 0 Å². The van der Waals surface area contributed by atoms with Crippen molar-refractivity contribution in [3.8, 4) is 5.69 Å². The van der Waals surface area contributed by atoms with Crippen LogP contribution in [0.2, 0.25) is 0 Å². The van der Waals surface area contributed by atoms with Crippen molar-refractivity contribution in [3.05, 3.63) is 113 Å². The summed E-state index contributed by atoms with van der Waals surface area (Å²) in [5.41, 5.74) is 2.88. The maximum atomic E-state index is 14.5. The maximum Gasteiger partial charge on any atom is 0.252 e. The minimum absolute atomic E-state index is 0.0921. The van der Waals surface area contributed by atoms with Crippen molar-refractivity contribution in [2.24, 2.45) is 5.41 Å². The van der Waals surface area contributed by atoms with Gasteiger partial charge in [0.25, 0.3) is 6.43 Å². The van der Waals surface area contributed by atoms with Gasteiger partial charge in [0.15, 0.2) is 5.78 Å². The first-order valence-corrected chi connectivity index (χ1v) is 15.9. The van der Waals surface area contributed by atoms with Crippen LogP contribution in [0.1, 0.15) is 46.6 Å². The molecule has 6 rings (SSSR count). The van der Waals surface area contributed by atoms with E-state index in [1.165, 1.54) is 28.6 Å². The van der Waals surface area contributed by atoms with E-state index in [1.807, 2.05) is 13.0 Å². The topological polar surface area (TPSA) is 68.1 Å². The lowest BCUT2D eigenvalue weighted by Crippen LogP contribution is -2.51. The molecular formula is C33H30F4N4O2S. The highest BCUT2D eigenvalue weighted by atomic mass is 32.2. The van der Waals surface area contributed by atoms with Crippen LogP contribution in [0.3, 0.4) is 0 Å². The first kappa shape index (κ1) is 30.0. The van der Waals surface area contributed by atoms with Crippen molar-refractivity contribution >= 4 is 27.4 Å². The molecule has 0 aliphatic heterocycles. The van der Waals surface area contributed by atoms with Crippen LogP contribution in [-0.4, -0.2) is 53.9 Å². The summed E-state index contributed by atoms with van der Waals surface area (Å²) in [4.78, 5) is 19.0. The van der Waals surface area contributed by atoms with Crippen LogP contribution in [0.15, 0.2) is 83.5 Å². The Morgan fingerprint density at radius 3 is 2.45 bits per heavy atom. The van der Waals surface area contributed by atoms with Crippen LogP contribution < -0.4 is 0 Å². The van der Waals surface area contributed by atoms with E-state index in [4.69, 9.17) is 0 Å². The molecule has 2 aromatic carbocycles. The number of aromatic nitrogens is 3. The van der Waals surface area contributed by atoms with Gasteiger partial charge >= 0.3 is 0 Å². The number of allylic oxidation sites excluding steroid dienone is 1. The molecule has 0 radical (unpaired) electrons. The number of nitrogens with zero attached hydrogens (tertiary/aromatic N) is 4. The van der Waals surface area contributed by atoms with Gasteiger partial charge in [0.2, 0.25) is 0 Å². The highest BCUT2D eigenvalue weighted by Crippen LogP contribution is 2.51. The molecule has 3 atom stereocenters. The van der Waals surface area contributed by atoms with Crippen LogP contribution in [0.25, 0.3) is 11.8 Å². The van der Waals surface area contributed by atoms with Crippen molar-refractivity contribution in [3.63, 3.8) is 0 Å². The largest absolute Gasteiger partial charge is 0.291 e. The molecule has 0 amide bonds. The number of hydrogen-bond acceptors (Lipinski definition) is 4. The monoisotopic (exact) mass is 622 g/mol. The van der Waals surface area contributed by atoms with E-state index in [9.17, 15) is 26.6 Å². The average molecular weight is 623 g/mol. The van der Waals surface area contributed by atoms with E-state index in [-0.39, 0.29) is 35.0 Å². The minimum atomic E-state index is -3.48. The Balaban J connectivity index is 1.45. The second-order valence-corrected chi connectivity index (χ2v) is 13.6. The first-order chi connectivity index (χ1) is 21.0. The molecule has 1 unspecified atom stereocenters. The predicted molar refractivity (Wildman–Crippen MR) is 161 cm³/mol. The number of alkyl halides is 2. The SMILES string of the molecule is C=S(=O)(c1ccc(F)cc1)N(CC(F)F)[C@H]1CCC2=Cc3c(cnn3-c3ccc(F)cc3)C[C@]2(C(=O)c2cc(C)ccn2)C1. The van der Waals surface area contributed by atoms with Crippen LogP contribution in [0.4, 0.5) is 17.6 Å². The molecule has 6 nitrogen and oxygen atoms in total. The average Bonchev–Trinajstić information content (AvgIpc) is 3.40. The van der Waals surface area contributed by atoms with Gasteiger partial charge in [0.1, 0.15) is 17.3 Å². The number of ketones is 1. The van der Waals surface area contributed by atoms with Gasteiger partial charge in [-0.3, -0.25) is 9.78 Å². The molecule has 44 heavy (non-hydrogen) atoms. The molecule has 0 spiro atoms. The Bertz CT molecular complexity index is 1850. The summed E-state index contributed by atoms with van der Waals surface area (Å²) in [5.74, 6) is 2.68. The number of benzene rings is 2. The van der Waals surface area contributed by atoms with E-state index in [2.05, 4.69) is 16.0 Å². The summed E-state index contributed by atoms with van der Waals surface area (Å²) < 4.78 is 72.5. The number of aryl methyl sites for hydroxylation is 1. The maximum absolute atomic E-state index is 14.5. The number of fused-ring (bicyclic) bond motifs is 2. The molecule has 0 N–H and O–H groups in total. The lowest BCUT2D eigenvalue weighted by molar-refractivity contribution is 0.0666. The Kier molecular flexibility index (Phi) is 7.79. The van der Waals surface area contributed by atoms with Gasteiger partial charge in [-0.15, -0.1) is 0 Å². The molecule has 11 heteroatoms. The van der Waals surface area contributed by atoms with Crippen LogP contribution in [0, 0.1) is 24.0 Å². The molecule has 228 valence electrons. The van der Waals surface area contributed by atoms with E-state index >= 15 is 0 Å². The quantitative estimate of drug-likeness (QED) is 0.128. The molecule has 2 aliphatic carbocycles. The lowest BCUT2D eigenvalue weighted by Gasteiger charge is -2.47. The third-order valence-corrected chi connectivity index (χ3v) is 10.8. The van der Waals surface area contributed by atoms with Crippen LogP contribution in [-0.2, 0) is 16.1 Å². The third-order valence-electron chi connectivity index (χ3n) is 8.57. The van der Waals surface area contributed by atoms with Crippen molar-refractivity contribution in [1.82, 2.24) is 19.1 Å². The summed E-state index contributed by atoms with van der Waals surface area (Å²) in [5, 5.41) is 4.54. The van der Waals surface area contributed by atoms with Gasteiger partial charge in [-0.05, 0) is 116 Å². The van der Waals surface area contributed by atoms with Crippen molar-refractivity contribution < 1.29 is 26.6 Å². The van der Waals surface area contributed by atoms with Gasteiger partial charge < -0.3 is 0 Å². The second kappa shape index (κ2) is 11.4. The molecule has 2 heterocycles. The fraction of sp³-hybridized carbons (Fsp3) is 0.273. The highest BCUT2D eigenvalue weighted by Gasteiger charge is 2.51. The summed E-state index contributed by atoms with van der Waals surface area (Å²) in [7, 11) is -3.48. The fourth-order valence-electron chi connectivity index (χ4n) is 6.45. The standard InChI is InChI=1S/C33H30F4N4O2S/c1-21-13-14-38-29(15-21)32(42)33-17-22-19-39-41(26-9-4-24(34)5-10-26)30(22)16-23(33)3-8-27(18-33)40(20-31(36)37)44(2,43)28-11-6-25(35)7-12-28/h4-7,9-16,19,27,31H,2-3,8,17-18,20H2,1H3/t27-,33-,44?/m0/s1. The number of carbonyl (C=O) groups excluding carboxylic acids is 1. The number of carbonyl (C=O) groups is 1. The minimum Gasteiger partial charge on any atom is -0.291 e. The molecule has 0 bridgehead atoms. The van der Waals surface area contributed by atoms with Gasteiger partial charge in [-0.25, -0.2) is 30.8 Å². The number of hydrogen-bond donors (Lipinski definition) is 0. The zero-order valence-corrected chi connectivity index (χ0v) is 24.7. The predicted octanol–water partition coefficient (Wildman–Crippen LogP) is 6.47. The smallest absolute Gasteiger partial charge is 0.252 e. The zero-order valence-electron chi connectivity index (χ0n) is 23.9. The van der Waals surface area contributed by atoms with E-state index in [0.717, 1.165) is 34.5 Å². The first-order valence-electron chi connectivity index (χ1n) is 14.2. The van der Waals surface area contributed by atoms with Gasteiger partial charge in [0, 0.05) is 17.1 Å². The molecule has 2 aromatic heterocycles. The van der Waals surface area contributed by atoms with Crippen LogP contribution >= 0.6 is 0 Å². The summed E-state index contributed by atoms with van der Waals surface area (Å²) >= 11 is 0. The molecule has 1 fully saturated rings. The molecule has 0 saturated heterocycles. The summed E-state index contributed by atoms with van der Waals surface area (Å²) in [6.07, 6.45) is 3.31. The Morgan fingerprint density at radius 1 is 1.11 bits per heavy atom. The van der Waals surface area contributed by atoms with E-state index in [0.29, 0.717) is 18.5 Å². The van der Waals surface area contributed by atoms with E-state index < -0.39 is 40.0 Å². The van der Waals surface area contributed by atoms with E-state index in [1.54, 1.807) is 41.3 Å². The van der Waals surface area contributed by atoms with Gasteiger partial charge in [-0.2, -0.15) is 5.10 Å². The molecule has 1 saturated carbocycles. The summed E-state index contributed by atoms with van der Waals surface area (Å²) in [6.45, 7) is 1.03. The Labute approximate surface area is 253 Å². The fourth-order valence-corrected chi connectivity index (χ4v) is 8.30. The van der Waals surface area contributed by atoms with Crippen molar-refractivity contribution in [2.45, 2.75) is 50.0 Å². The van der Waals surface area contributed by atoms with Crippen LogP contribution in [0.5, 0.6) is 0 Å². The van der Waals surface area contributed by atoms with Crippen molar-refractivity contribution in [2.75, 3.05) is 6.54 Å². The molecule has 2 aliphatic rings. The third kappa shape index (κ3) is 5.39. The van der Waals surface area contributed by atoms with Gasteiger partial charge in [0.05, 0.1) is 39.2 Å². The number of rotatable bonds is 8. The normalized spacial score (nSPS) is 21.0. The molecular weight excluding hydrogens is 592 g/mol. The number of halogens is 4. The Hall–Kier alpha value is -4.09.